The number of aromatic nitrogens is 2. The number of hydrogen-bond acceptors (Lipinski definition) is 7. The van der Waals surface area contributed by atoms with E-state index in [-0.39, 0.29) is 41.1 Å². The van der Waals surface area contributed by atoms with Crippen LogP contribution in [-0.2, 0) is 12.1 Å². The third kappa shape index (κ3) is 3.73. The lowest BCUT2D eigenvalue weighted by Crippen LogP contribution is -2.44. The van der Waals surface area contributed by atoms with E-state index >= 15 is 0 Å². The minimum atomic E-state index is -0.696. The topological polar surface area (TPSA) is 137 Å². The third-order valence-electron chi connectivity index (χ3n) is 3.97. The first-order valence-corrected chi connectivity index (χ1v) is 7.61. The molecule has 0 spiro atoms. The Morgan fingerprint density at radius 1 is 1.48 bits per heavy atom. The van der Waals surface area contributed by atoms with Gasteiger partial charge in [-0.15, -0.1) is 12.4 Å². The number of nitro benzene ring substituents is 1. The largest absolute Gasteiger partial charge is 0.343 e. The first-order chi connectivity index (χ1) is 11.4. The van der Waals surface area contributed by atoms with Crippen LogP contribution in [0.15, 0.2) is 22.7 Å². The molecule has 9 nitrogen and oxygen atoms in total. The number of halogens is 2. The van der Waals surface area contributed by atoms with Crippen molar-refractivity contribution in [2.75, 3.05) is 0 Å². The zero-order chi connectivity index (χ0) is 17.3. The highest BCUT2D eigenvalue weighted by Crippen LogP contribution is 2.36. The number of carbonyl (C=O) groups excluding carboxylic acids is 1. The van der Waals surface area contributed by atoms with Crippen molar-refractivity contribution in [3.8, 4) is 0 Å². The van der Waals surface area contributed by atoms with Gasteiger partial charge in [0.05, 0.1) is 22.0 Å². The minimum Gasteiger partial charge on any atom is -0.343 e. The molecule has 25 heavy (non-hydrogen) atoms. The van der Waals surface area contributed by atoms with Crippen LogP contribution >= 0.6 is 24.0 Å². The summed E-state index contributed by atoms with van der Waals surface area (Å²) in [6.45, 7) is -0.0791. The average molecular weight is 388 g/mol. The van der Waals surface area contributed by atoms with Gasteiger partial charge < -0.3 is 15.6 Å². The quantitative estimate of drug-likeness (QED) is 0.592. The molecule has 11 heteroatoms. The fourth-order valence-corrected chi connectivity index (χ4v) is 2.70. The molecule has 1 saturated carbocycles. The van der Waals surface area contributed by atoms with E-state index in [1.807, 2.05) is 0 Å². The van der Waals surface area contributed by atoms with Gasteiger partial charge in [0, 0.05) is 6.07 Å². The van der Waals surface area contributed by atoms with Crippen LogP contribution in [0, 0.1) is 10.1 Å². The maximum atomic E-state index is 12.2. The van der Waals surface area contributed by atoms with Crippen molar-refractivity contribution in [3.63, 3.8) is 0 Å². The Kier molecular flexibility index (Phi) is 5.61. The summed E-state index contributed by atoms with van der Waals surface area (Å²) >= 11 is 5.91. The molecular weight excluding hydrogens is 373 g/mol. The number of amides is 1. The summed E-state index contributed by atoms with van der Waals surface area (Å²) in [4.78, 5) is 26.7. The summed E-state index contributed by atoms with van der Waals surface area (Å²) < 4.78 is 5.06. The predicted octanol–water partition coefficient (Wildman–Crippen LogP) is 2.32. The van der Waals surface area contributed by atoms with E-state index in [0.717, 1.165) is 19.3 Å². The molecule has 3 rings (SSSR count). The summed E-state index contributed by atoms with van der Waals surface area (Å²) in [7, 11) is 0. The number of nitrogens with zero attached hydrogens (tertiary/aromatic N) is 3. The Balaban J connectivity index is 0.00000225. The SMILES string of the molecule is Cl.NC1(c2noc(CNC(=O)c3c(Cl)cccc3[N+](=O)[O-])n2)CCC1. The fraction of sp³-hybridized carbons (Fsp3) is 0.357. The van der Waals surface area contributed by atoms with Crippen LogP contribution in [0.1, 0.15) is 41.3 Å². The van der Waals surface area contributed by atoms with E-state index < -0.39 is 16.4 Å². The molecule has 1 amide bonds. The second-order valence-corrected chi connectivity index (χ2v) is 6.00. The van der Waals surface area contributed by atoms with Gasteiger partial charge in [0.1, 0.15) is 5.56 Å². The Morgan fingerprint density at radius 3 is 2.80 bits per heavy atom. The standard InChI is InChI=1S/C14H14ClN5O4.ClH/c15-8-3-1-4-9(20(22)23)11(8)12(21)17-7-10-18-13(19-24-10)14(16)5-2-6-14;/h1,3-4H,2,5-7,16H2,(H,17,21);1H. The van der Waals surface area contributed by atoms with Crippen LogP contribution in [0.25, 0.3) is 0 Å². The minimum absolute atomic E-state index is 0. The normalized spacial score (nSPS) is 15.0. The van der Waals surface area contributed by atoms with Crippen molar-refractivity contribution >= 4 is 35.6 Å². The van der Waals surface area contributed by atoms with Crippen molar-refractivity contribution in [1.82, 2.24) is 15.5 Å². The van der Waals surface area contributed by atoms with E-state index in [4.69, 9.17) is 21.9 Å². The number of nitrogens with two attached hydrogens (primary N) is 1. The molecule has 0 atom stereocenters. The van der Waals surface area contributed by atoms with Gasteiger partial charge in [-0.1, -0.05) is 22.8 Å². The van der Waals surface area contributed by atoms with Crippen molar-refractivity contribution in [2.24, 2.45) is 5.73 Å². The molecule has 0 aliphatic heterocycles. The van der Waals surface area contributed by atoms with Crippen LogP contribution in [0.2, 0.25) is 5.02 Å². The van der Waals surface area contributed by atoms with Crippen LogP contribution < -0.4 is 11.1 Å². The number of carbonyl (C=O) groups is 1. The number of rotatable bonds is 5. The lowest BCUT2D eigenvalue weighted by atomic mass is 9.77. The molecule has 0 saturated heterocycles. The lowest BCUT2D eigenvalue weighted by molar-refractivity contribution is -0.385. The van der Waals surface area contributed by atoms with Gasteiger partial charge in [0.2, 0.25) is 5.89 Å². The van der Waals surface area contributed by atoms with E-state index in [1.165, 1.54) is 18.2 Å². The van der Waals surface area contributed by atoms with Crippen molar-refractivity contribution in [3.05, 3.63) is 50.6 Å². The number of hydrogen-bond donors (Lipinski definition) is 2. The van der Waals surface area contributed by atoms with E-state index in [0.29, 0.717) is 5.82 Å². The predicted molar refractivity (Wildman–Crippen MR) is 90.5 cm³/mol. The van der Waals surface area contributed by atoms with Crippen LogP contribution in [-0.4, -0.2) is 21.0 Å². The monoisotopic (exact) mass is 387 g/mol. The first kappa shape index (κ1) is 19.1. The van der Waals surface area contributed by atoms with Gasteiger partial charge in [-0.25, -0.2) is 0 Å². The van der Waals surface area contributed by atoms with Crippen LogP contribution in [0.5, 0.6) is 0 Å². The molecule has 1 aliphatic carbocycles. The Hall–Kier alpha value is -2.23. The summed E-state index contributed by atoms with van der Waals surface area (Å²) in [6, 6.07) is 4.02. The van der Waals surface area contributed by atoms with Crippen molar-refractivity contribution in [1.29, 1.82) is 0 Å². The van der Waals surface area contributed by atoms with Gasteiger partial charge in [-0.2, -0.15) is 4.98 Å². The number of benzene rings is 1. The molecule has 0 radical (unpaired) electrons. The first-order valence-electron chi connectivity index (χ1n) is 7.24. The molecule has 1 aromatic heterocycles. The lowest BCUT2D eigenvalue weighted by Gasteiger charge is -2.34. The van der Waals surface area contributed by atoms with Crippen LogP contribution in [0.3, 0.4) is 0 Å². The molecule has 1 aromatic carbocycles. The summed E-state index contributed by atoms with van der Waals surface area (Å²) in [6.07, 6.45) is 2.57. The molecule has 134 valence electrons. The molecule has 1 heterocycles. The average Bonchev–Trinajstić information content (AvgIpc) is 2.99. The van der Waals surface area contributed by atoms with Gasteiger partial charge in [-0.3, -0.25) is 14.9 Å². The van der Waals surface area contributed by atoms with Gasteiger partial charge >= 0.3 is 0 Å². The Morgan fingerprint density at radius 2 is 2.20 bits per heavy atom. The molecule has 2 aromatic rings. The summed E-state index contributed by atoms with van der Waals surface area (Å²) in [5, 5.41) is 17.3. The Labute approximate surface area is 153 Å². The molecule has 0 unspecified atom stereocenters. The summed E-state index contributed by atoms with van der Waals surface area (Å²) in [5.41, 5.74) is 4.95. The zero-order valence-corrected chi connectivity index (χ0v) is 14.5. The molecule has 1 aliphatic rings. The van der Waals surface area contributed by atoms with E-state index in [1.54, 1.807) is 0 Å². The second kappa shape index (κ2) is 7.34. The van der Waals surface area contributed by atoms with Gasteiger partial charge in [-0.05, 0) is 25.3 Å². The molecule has 0 bridgehead atoms. The zero-order valence-electron chi connectivity index (χ0n) is 12.9. The van der Waals surface area contributed by atoms with Gasteiger partial charge in [0.15, 0.2) is 5.82 Å². The highest BCUT2D eigenvalue weighted by Gasteiger charge is 2.39. The maximum Gasteiger partial charge on any atom is 0.283 e. The summed E-state index contributed by atoms with van der Waals surface area (Å²) in [5.74, 6) is -0.121. The highest BCUT2D eigenvalue weighted by atomic mass is 35.5. The smallest absolute Gasteiger partial charge is 0.283 e. The number of nitro groups is 1. The second-order valence-electron chi connectivity index (χ2n) is 5.60. The maximum absolute atomic E-state index is 12.2. The van der Waals surface area contributed by atoms with E-state index in [9.17, 15) is 14.9 Å². The van der Waals surface area contributed by atoms with Crippen molar-refractivity contribution in [2.45, 2.75) is 31.3 Å². The molecule has 1 fully saturated rings. The van der Waals surface area contributed by atoms with Crippen molar-refractivity contribution < 1.29 is 14.2 Å². The van der Waals surface area contributed by atoms with E-state index in [2.05, 4.69) is 15.5 Å². The molecule has 3 N–H and O–H groups in total. The highest BCUT2D eigenvalue weighted by molar-refractivity contribution is 6.34. The van der Waals surface area contributed by atoms with Crippen LogP contribution in [0.4, 0.5) is 5.69 Å². The van der Waals surface area contributed by atoms with Gasteiger partial charge in [0.25, 0.3) is 11.6 Å². The fourth-order valence-electron chi connectivity index (χ4n) is 2.44. The Bertz CT molecular complexity index is 806. The molecular formula is C14H15Cl2N5O4. The third-order valence-corrected chi connectivity index (χ3v) is 4.29. The number of nitrogens with one attached hydrogen (secondary N) is 1.